The summed E-state index contributed by atoms with van der Waals surface area (Å²) in [5.41, 5.74) is 2.10. The quantitative estimate of drug-likeness (QED) is 0.734. The molecule has 5 nitrogen and oxygen atoms in total. The van der Waals surface area contributed by atoms with Crippen molar-refractivity contribution in [2.24, 2.45) is 5.92 Å². The fraction of sp³-hybridized carbons (Fsp3) is 0.273. The molecular weight excluding hydrogens is 342 g/mol. The molecule has 27 heavy (non-hydrogen) atoms. The predicted octanol–water partition coefficient (Wildman–Crippen LogP) is 4.24. The number of amides is 1. The molecule has 1 atom stereocenters. The van der Waals surface area contributed by atoms with Gasteiger partial charge in [0.1, 0.15) is 11.3 Å². The third-order valence-corrected chi connectivity index (χ3v) is 4.53. The van der Waals surface area contributed by atoms with Crippen LogP contribution in [0.2, 0.25) is 0 Å². The number of carbonyl (C=O) groups is 1. The Hall–Kier alpha value is -3.08. The number of methoxy groups -OCH3 is 1. The van der Waals surface area contributed by atoms with Crippen molar-refractivity contribution in [3.05, 3.63) is 75.6 Å². The summed E-state index contributed by atoms with van der Waals surface area (Å²) in [6, 6.07) is 13.9. The Bertz CT molecular complexity index is 1020. The van der Waals surface area contributed by atoms with E-state index in [-0.39, 0.29) is 23.1 Å². The highest BCUT2D eigenvalue weighted by molar-refractivity contribution is 5.93. The molecule has 0 aliphatic heterocycles. The van der Waals surface area contributed by atoms with Crippen molar-refractivity contribution in [2.75, 3.05) is 7.11 Å². The molecule has 0 fully saturated rings. The summed E-state index contributed by atoms with van der Waals surface area (Å²) in [6.07, 6.45) is 0. The number of carbonyl (C=O) groups excluding carboxylic acids is 1. The second kappa shape index (κ2) is 7.66. The molecule has 0 saturated heterocycles. The number of benzene rings is 2. The van der Waals surface area contributed by atoms with Crippen molar-refractivity contribution in [3.63, 3.8) is 0 Å². The first-order chi connectivity index (χ1) is 12.9. The average Bonchev–Trinajstić information content (AvgIpc) is 2.66. The van der Waals surface area contributed by atoms with Crippen molar-refractivity contribution in [1.29, 1.82) is 0 Å². The van der Waals surface area contributed by atoms with Gasteiger partial charge in [-0.25, -0.2) is 0 Å². The Morgan fingerprint density at radius 3 is 2.41 bits per heavy atom. The molecule has 0 unspecified atom stereocenters. The predicted molar refractivity (Wildman–Crippen MR) is 105 cm³/mol. The first-order valence-electron chi connectivity index (χ1n) is 8.88. The maximum absolute atomic E-state index is 12.8. The molecular formula is C22H23NO4. The minimum Gasteiger partial charge on any atom is -0.497 e. The van der Waals surface area contributed by atoms with Crippen LogP contribution in [0.1, 0.15) is 41.6 Å². The van der Waals surface area contributed by atoms with Crippen LogP contribution in [0.3, 0.4) is 0 Å². The third-order valence-electron chi connectivity index (χ3n) is 4.53. The molecule has 1 aromatic heterocycles. The van der Waals surface area contributed by atoms with Crippen molar-refractivity contribution in [1.82, 2.24) is 5.32 Å². The topological polar surface area (TPSA) is 68.5 Å². The molecule has 5 heteroatoms. The van der Waals surface area contributed by atoms with E-state index in [1.807, 2.05) is 51.1 Å². The van der Waals surface area contributed by atoms with E-state index < -0.39 is 5.91 Å². The molecule has 3 rings (SSSR count). The zero-order valence-corrected chi connectivity index (χ0v) is 15.9. The summed E-state index contributed by atoms with van der Waals surface area (Å²) in [5, 5.41) is 3.45. The smallest absolute Gasteiger partial charge is 0.287 e. The van der Waals surface area contributed by atoms with E-state index >= 15 is 0 Å². The van der Waals surface area contributed by atoms with Crippen LogP contribution in [0.25, 0.3) is 11.0 Å². The molecule has 1 heterocycles. The lowest BCUT2D eigenvalue weighted by molar-refractivity contribution is 0.0898. The minimum absolute atomic E-state index is 0.00974. The Labute approximate surface area is 158 Å². The third kappa shape index (κ3) is 4.03. The van der Waals surface area contributed by atoms with Gasteiger partial charge in [0.2, 0.25) is 0 Å². The lowest BCUT2D eigenvalue weighted by Gasteiger charge is -2.23. The Balaban J connectivity index is 1.90. The average molecular weight is 365 g/mol. The summed E-state index contributed by atoms with van der Waals surface area (Å²) in [6.45, 7) is 5.95. The van der Waals surface area contributed by atoms with Crippen LogP contribution >= 0.6 is 0 Å². The molecule has 1 amide bonds. The van der Waals surface area contributed by atoms with Crippen LogP contribution in [0.5, 0.6) is 5.75 Å². The van der Waals surface area contributed by atoms with Crippen molar-refractivity contribution in [2.45, 2.75) is 26.8 Å². The van der Waals surface area contributed by atoms with Gasteiger partial charge in [-0.1, -0.05) is 37.6 Å². The molecule has 2 aromatic carbocycles. The van der Waals surface area contributed by atoms with Gasteiger partial charge in [0, 0.05) is 6.07 Å². The van der Waals surface area contributed by atoms with Gasteiger partial charge in [0.15, 0.2) is 11.2 Å². The highest BCUT2D eigenvalue weighted by Crippen LogP contribution is 2.24. The van der Waals surface area contributed by atoms with E-state index in [0.29, 0.717) is 11.0 Å². The highest BCUT2D eigenvalue weighted by atomic mass is 16.5. The molecule has 0 saturated carbocycles. The molecule has 3 aromatic rings. The van der Waals surface area contributed by atoms with Crippen molar-refractivity contribution in [3.8, 4) is 5.75 Å². The molecule has 0 bridgehead atoms. The molecule has 0 aliphatic rings. The summed E-state index contributed by atoms with van der Waals surface area (Å²) < 4.78 is 10.9. The van der Waals surface area contributed by atoms with Gasteiger partial charge >= 0.3 is 0 Å². The van der Waals surface area contributed by atoms with Gasteiger partial charge in [-0.3, -0.25) is 9.59 Å². The van der Waals surface area contributed by atoms with E-state index in [4.69, 9.17) is 9.15 Å². The lowest BCUT2D eigenvalue weighted by Crippen LogP contribution is -2.32. The summed E-state index contributed by atoms with van der Waals surface area (Å²) in [4.78, 5) is 25.1. The normalized spacial score (nSPS) is 12.2. The van der Waals surface area contributed by atoms with Gasteiger partial charge < -0.3 is 14.5 Å². The van der Waals surface area contributed by atoms with Crippen LogP contribution in [0.15, 0.2) is 57.7 Å². The van der Waals surface area contributed by atoms with Crippen molar-refractivity contribution >= 4 is 16.9 Å². The van der Waals surface area contributed by atoms with Gasteiger partial charge in [-0.2, -0.15) is 0 Å². The van der Waals surface area contributed by atoms with Crippen LogP contribution in [-0.4, -0.2) is 13.0 Å². The van der Waals surface area contributed by atoms with Crippen LogP contribution in [0, 0.1) is 12.8 Å². The summed E-state index contributed by atoms with van der Waals surface area (Å²) in [7, 11) is 1.61. The zero-order chi connectivity index (χ0) is 19.6. The minimum atomic E-state index is -0.413. The van der Waals surface area contributed by atoms with Gasteiger partial charge in [0.05, 0.1) is 18.5 Å². The van der Waals surface area contributed by atoms with E-state index in [0.717, 1.165) is 16.9 Å². The number of nitrogens with one attached hydrogen (secondary N) is 1. The first-order valence-corrected chi connectivity index (χ1v) is 8.88. The molecule has 0 radical (unpaired) electrons. The number of fused-ring (bicyclic) bond motifs is 1. The maximum Gasteiger partial charge on any atom is 0.287 e. The second-order valence-electron chi connectivity index (χ2n) is 6.94. The van der Waals surface area contributed by atoms with Crippen LogP contribution in [-0.2, 0) is 0 Å². The number of rotatable bonds is 5. The summed E-state index contributed by atoms with van der Waals surface area (Å²) >= 11 is 0. The van der Waals surface area contributed by atoms with E-state index in [1.165, 1.54) is 6.07 Å². The van der Waals surface area contributed by atoms with E-state index in [9.17, 15) is 9.59 Å². The molecule has 1 N–H and O–H groups in total. The SMILES string of the molecule is COc1ccc([C@H](NC(=O)c2cc(=O)c3cc(C)ccc3o2)C(C)C)cc1. The molecule has 140 valence electrons. The monoisotopic (exact) mass is 365 g/mol. The Morgan fingerprint density at radius 2 is 1.78 bits per heavy atom. The van der Waals surface area contributed by atoms with Gasteiger partial charge in [-0.15, -0.1) is 0 Å². The van der Waals surface area contributed by atoms with Crippen LogP contribution in [0.4, 0.5) is 0 Å². The number of aryl methyl sites for hydroxylation is 1. The fourth-order valence-electron chi connectivity index (χ4n) is 3.04. The van der Waals surface area contributed by atoms with Gasteiger partial charge in [0.25, 0.3) is 5.91 Å². The molecule has 0 spiro atoms. The lowest BCUT2D eigenvalue weighted by atomic mass is 9.96. The maximum atomic E-state index is 12.8. The number of ether oxygens (including phenoxy) is 1. The summed E-state index contributed by atoms with van der Waals surface area (Å²) in [5.74, 6) is 0.500. The zero-order valence-electron chi connectivity index (χ0n) is 15.9. The van der Waals surface area contributed by atoms with E-state index in [1.54, 1.807) is 19.2 Å². The second-order valence-corrected chi connectivity index (χ2v) is 6.94. The highest BCUT2D eigenvalue weighted by Gasteiger charge is 2.21. The fourth-order valence-corrected chi connectivity index (χ4v) is 3.04. The Morgan fingerprint density at radius 1 is 1.07 bits per heavy atom. The first kappa shape index (κ1) is 18.7. The van der Waals surface area contributed by atoms with Gasteiger partial charge in [-0.05, 0) is 42.7 Å². The number of hydrogen-bond donors (Lipinski definition) is 1. The largest absolute Gasteiger partial charge is 0.497 e. The van der Waals surface area contributed by atoms with Crippen molar-refractivity contribution < 1.29 is 13.9 Å². The number of hydrogen-bond acceptors (Lipinski definition) is 4. The standard InChI is InChI=1S/C22H23NO4/c1-13(2)21(15-6-8-16(26-4)9-7-15)23-22(25)20-12-18(24)17-11-14(3)5-10-19(17)27-20/h5-13,21H,1-4H3,(H,23,25)/t21-/m1/s1. The van der Waals surface area contributed by atoms with E-state index in [2.05, 4.69) is 5.32 Å². The Kier molecular flexibility index (Phi) is 5.31. The van der Waals surface area contributed by atoms with Crippen LogP contribution < -0.4 is 15.5 Å². The molecule has 0 aliphatic carbocycles.